The Bertz CT molecular complexity index is 474. The predicted molar refractivity (Wildman–Crippen MR) is 88.5 cm³/mol. The highest BCUT2D eigenvalue weighted by molar-refractivity contribution is 5.69. The van der Waals surface area contributed by atoms with Crippen LogP contribution >= 0.6 is 0 Å². The molecular formula is C18H28O7. The van der Waals surface area contributed by atoms with E-state index in [2.05, 4.69) is 4.74 Å². The minimum Gasteiger partial charge on any atom is -0.469 e. The summed E-state index contributed by atoms with van der Waals surface area (Å²) in [6.07, 6.45) is 4.73. The Kier molecular flexibility index (Phi) is 9.16. The van der Waals surface area contributed by atoms with Gasteiger partial charge in [-0.25, -0.2) is 0 Å². The van der Waals surface area contributed by atoms with Crippen molar-refractivity contribution in [1.82, 2.24) is 0 Å². The molecule has 0 bridgehead atoms. The number of hydrogen-bond donors (Lipinski definition) is 0. The SMILES string of the molecule is COC(=O)CCCCCC[C@@H]1[C@@H](C=O)[C@H](OC(C)=O)C[C@@H]1OC(C)=O. The van der Waals surface area contributed by atoms with E-state index in [-0.39, 0.29) is 11.9 Å². The lowest BCUT2D eigenvalue weighted by molar-refractivity contribution is -0.149. The molecule has 4 atom stereocenters. The van der Waals surface area contributed by atoms with Gasteiger partial charge in [0.05, 0.1) is 13.0 Å². The van der Waals surface area contributed by atoms with Gasteiger partial charge in [-0.2, -0.15) is 0 Å². The van der Waals surface area contributed by atoms with Gasteiger partial charge in [0.1, 0.15) is 18.5 Å². The largest absolute Gasteiger partial charge is 0.469 e. The van der Waals surface area contributed by atoms with E-state index in [0.717, 1.165) is 32.0 Å². The summed E-state index contributed by atoms with van der Waals surface area (Å²) < 4.78 is 15.2. The minimum absolute atomic E-state index is 0.147. The molecule has 0 spiro atoms. The summed E-state index contributed by atoms with van der Waals surface area (Å²) in [5, 5.41) is 0. The average Bonchev–Trinajstić information content (AvgIpc) is 2.85. The lowest BCUT2D eigenvalue weighted by Gasteiger charge is -2.22. The minimum atomic E-state index is -0.538. The van der Waals surface area contributed by atoms with Gasteiger partial charge in [0.25, 0.3) is 0 Å². The Morgan fingerprint density at radius 3 is 2.12 bits per heavy atom. The second-order valence-electron chi connectivity index (χ2n) is 6.44. The first-order valence-corrected chi connectivity index (χ1v) is 8.75. The summed E-state index contributed by atoms with van der Waals surface area (Å²) >= 11 is 0. The van der Waals surface area contributed by atoms with Gasteiger partial charge in [-0.05, 0) is 12.8 Å². The quantitative estimate of drug-likeness (QED) is 0.256. The number of ether oxygens (including phenoxy) is 3. The van der Waals surface area contributed by atoms with E-state index in [1.807, 2.05) is 0 Å². The zero-order chi connectivity index (χ0) is 18.8. The normalized spacial score (nSPS) is 25.2. The maximum Gasteiger partial charge on any atom is 0.305 e. The number of rotatable bonds is 10. The van der Waals surface area contributed by atoms with Crippen molar-refractivity contribution in [2.45, 2.75) is 71.0 Å². The molecule has 1 rings (SSSR count). The lowest BCUT2D eigenvalue weighted by atomic mass is 9.89. The molecule has 25 heavy (non-hydrogen) atoms. The number of carbonyl (C=O) groups is 4. The van der Waals surface area contributed by atoms with Crippen LogP contribution in [0.2, 0.25) is 0 Å². The third kappa shape index (κ3) is 7.23. The summed E-state index contributed by atoms with van der Waals surface area (Å²) in [6.45, 7) is 2.64. The van der Waals surface area contributed by atoms with E-state index >= 15 is 0 Å². The molecule has 0 radical (unpaired) electrons. The maximum atomic E-state index is 11.5. The third-order valence-corrected chi connectivity index (χ3v) is 4.55. The molecule has 0 aliphatic heterocycles. The van der Waals surface area contributed by atoms with Crippen LogP contribution < -0.4 is 0 Å². The topological polar surface area (TPSA) is 96.0 Å². The smallest absolute Gasteiger partial charge is 0.305 e. The van der Waals surface area contributed by atoms with E-state index in [4.69, 9.17) is 9.47 Å². The maximum absolute atomic E-state index is 11.5. The molecule has 7 heteroatoms. The van der Waals surface area contributed by atoms with Crippen LogP contribution in [0.3, 0.4) is 0 Å². The summed E-state index contributed by atoms with van der Waals surface area (Å²) in [5.41, 5.74) is 0. The summed E-state index contributed by atoms with van der Waals surface area (Å²) in [5.74, 6) is -1.66. The molecule has 0 aromatic heterocycles. The van der Waals surface area contributed by atoms with Gasteiger partial charge >= 0.3 is 17.9 Å². The van der Waals surface area contributed by atoms with E-state index in [9.17, 15) is 19.2 Å². The molecule has 0 aromatic rings. The van der Waals surface area contributed by atoms with Crippen molar-refractivity contribution < 1.29 is 33.4 Å². The number of carbonyl (C=O) groups excluding carboxylic acids is 4. The van der Waals surface area contributed by atoms with Crippen LogP contribution in [-0.2, 0) is 33.4 Å². The molecular weight excluding hydrogens is 328 g/mol. The fraction of sp³-hybridized carbons (Fsp3) is 0.778. The van der Waals surface area contributed by atoms with Crippen LogP contribution in [-0.4, -0.2) is 43.5 Å². The second-order valence-corrected chi connectivity index (χ2v) is 6.44. The molecule has 7 nitrogen and oxygen atoms in total. The summed E-state index contributed by atoms with van der Waals surface area (Å²) in [7, 11) is 1.37. The number of aldehydes is 1. The molecule has 0 unspecified atom stereocenters. The van der Waals surface area contributed by atoms with Gasteiger partial charge in [-0.1, -0.05) is 19.3 Å². The Morgan fingerprint density at radius 2 is 1.56 bits per heavy atom. The Balaban J connectivity index is 2.52. The first-order chi connectivity index (χ1) is 11.9. The fourth-order valence-corrected chi connectivity index (χ4v) is 3.44. The van der Waals surface area contributed by atoms with Crippen LogP contribution in [0.15, 0.2) is 0 Å². The average molecular weight is 356 g/mol. The number of methoxy groups -OCH3 is 1. The molecule has 0 saturated heterocycles. The number of hydrogen-bond acceptors (Lipinski definition) is 7. The van der Waals surface area contributed by atoms with Gasteiger partial charge in [-0.15, -0.1) is 0 Å². The van der Waals surface area contributed by atoms with Crippen LogP contribution in [0.4, 0.5) is 0 Å². The number of esters is 3. The van der Waals surface area contributed by atoms with Crippen LogP contribution in [0.5, 0.6) is 0 Å². The van der Waals surface area contributed by atoms with Crippen LogP contribution in [0, 0.1) is 11.8 Å². The standard InChI is InChI=1S/C18H28O7/c1-12(20)24-16-10-17(25-13(2)21)15(11-19)14(16)8-6-4-5-7-9-18(22)23-3/h11,14-17H,4-10H2,1-3H3/t14-,15-,16+,17-/m1/s1. The number of unbranched alkanes of at least 4 members (excludes halogenated alkanes) is 3. The highest BCUT2D eigenvalue weighted by Crippen LogP contribution is 2.38. The lowest BCUT2D eigenvalue weighted by Crippen LogP contribution is -2.27. The Morgan fingerprint density at radius 1 is 0.960 bits per heavy atom. The van der Waals surface area contributed by atoms with Gasteiger partial charge in [0.2, 0.25) is 0 Å². The van der Waals surface area contributed by atoms with Crippen molar-refractivity contribution in [3.63, 3.8) is 0 Å². The van der Waals surface area contributed by atoms with Crippen LogP contribution in [0.25, 0.3) is 0 Å². The monoisotopic (exact) mass is 356 g/mol. The van der Waals surface area contributed by atoms with Crippen molar-refractivity contribution >= 4 is 24.2 Å². The summed E-state index contributed by atoms with van der Waals surface area (Å²) in [4.78, 5) is 45.1. The molecule has 142 valence electrons. The Labute approximate surface area is 148 Å². The van der Waals surface area contributed by atoms with Crippen LogP contribution in [0.1, 0.15) is 58.8 Å². The highest BCUT2D eigenvalue weighted by atomic mass is 16.6. The van der Waals surface area contributed by atoms with Crippen molar-refractivity contribution in [1.29, 1.82) is 0 Å². The first kappa shape index (κ1) is 21.1. The highest BCUT2D eigenvalue weighted by Gasteiger charge is 2.46. The van der Waals surface area contributed by atoms with E-state index < -0.39 is 30.1 Å². The van der Waals surface area contributed by atoms with Crippen molar-refractivity contribution in [2.75, 3.05) is 7.11 Å². The van der Waals surface area contributed by atoms with Crippen molar-refractivity contribution in [2.24, 2.45) is 11.8 Å². The molecule has 0 amide bonds. The summed E-state index contributed by atoms with van der Waals surface area (Å²) in [6, 6.07) is 0. The Hall–Kier alpha value is -1.92. The zero-order valence-electron chi connectivity index (χ0n) is 15.2. The third-order valence-electron chi connectivity index (χ3n) is 4.55. The molecule has 0 heterocycles. The molecule has 1 aliphatic rings. The predicted octanol–water partition coefficient (Wildman–Crippen LogP) is 2.20. The molecule has 0 N–H and O–H groups in total. The second kappa shape index (κ2) is 10.8. The van der Waals surface area contributed by atoms with Gasteiger partial charge < -0.3 is 19.0 Å². The van der Waals surface area contributed by atoms with Gasteiger partial charge in [-0.3, -0.25) is 14.4 Å². The van der Waals surface area contributed by atoms with E-state index in [0.29, 0.717) is 19.3 Å². The van der Waals surface area contributed by atoms with E-state index in [1.54, 1.807) is 0 Å². The molecule has 1 fully saturated rings. The molecule has 1 saturated carbocycles. The fourth-order valence-electron chi connectivity index (χ4n) is 3.44. The van der Waals surface area contributed by atoms with Crippen molar-refractivity contribution in [3.8, 4) is 0 Å². The van der Waals surface area contributed by atoms with Gasteiger partial charge in [0, 0.05) is 32.6 Å². The molecule has 1 aliphatic carbocycles. The van der Waals surface area contributed by atoms with Crippen molar-refractivity contribution in [3.05, 3.63) is 0 Å². The first-order valence-electron chi connectivity index (χ1n) is 8.75. The zero-order valence-corrected chi connectivity index (χ0v) is 15.2. The molecule has 0 aromatic carbocycles. The van der Waals surface area contributed by atoms with E-state index in [1.165, 1.54) is 21.0 Å². The van der Waals surface area contributed by atoms with Gasteiger partial charge in [0.15, 0.2) is 0 Å².